The first-order valence-electron chi connectivity index (χ1n) is 4.34. The summed E-state index contributed by atoms with van der Waals surface area (Å²) < 4.78 is 5.32. The molecule has 0 spiro atoms. The van der Waals surface area contributed by atoms with Gasteiger partial charge in [-0.25, -0.2) is 4.98 Å². The first-order valence-corrected chi connectivity index (χ1v) is 4.34. The fourth-order valence-electron chi connectivity index (χ4n) is 0.852. The van der Waals surface area contributed by atoms with Crippen LogP contribution in [0.5, 0.6) is 5.88 Å². The van der Waals surface area contributed by atoms with Crippen LogP contribution in [0.2, 0.25) is 0 Å². The molecule has 0 bridgehead atoms. The van der Waals surface area contributed by atoms with Crippen molar-refractivity contribution >= 4 is 0 Å². The average Bonchev–Trinajstić information content (AvgIpc) is 2.18. The Labute approximate surface area is 83.7 Å². The quantitative estimate of drug-likeness (QED) is 0.684. The molecule has 0 saturated heterocycles. The molecule has 0 amide bonds. The van der Waals surface area contributed by atoms with E-state index in [0.29, 0.717) is 18.1 Å². The number of rotatable bonds is 3. The molecule has 0 aliphatic carbocycles. The molecule has 1 heterocycles. The minimum Gasteiger partial charge on any atom is -0.473 e. The zero-order valence-corrected chi connectivity index (χ0v) is 8.32. The van der Waals surface area contributed by atoms with Crippen LogP contribution < -0.4 is 4.74 Å². The van der Waals surface area contributed by atoms with Crippen molar-refractivity contribution in [3.05, 3.63) is 35.5 Å². The van der Waals surface area contributed by atoms with Crippen LogP contribution in [0.15, 0.2) is 30.0 Å². The molecule has 0 aliphatic heterocycles. The van der Waals surface area contributed by atoms with Gasteiger partial charge in [-0.2, -0.15) is 5.26 Å². The molecule has 1 aromatic rings. The number of ether oxygens (including phenoxy) is 1. The lowest BCUT2D eigenvalue weighted by Crippen LogP contribution is -1.96. The zero-order valence-electron chi connectivity index (χ0n) is 8.32. The summed E-state index contributed by atoms with van der Waals surface area (Å²) in [4.78, 5) is 3.98. The fraction of sp³-hybridized carbons (Fsp3) is 0.273. The summed E-state index contributed by atoms with van der Waals surface area (Å²) in [6.45, 7) is 4.50. The highest BCUT2D eigenvalue weighted by molar-refractivity contribution is 5.31. The van der Waals surface area contributed by atoms with Gasteiger partial charge in [-0.05, 0) is 26.0 Å². The van der Waals surface area contributed by atoms with Crippen molar-refractivity contribution in [3.8, 4) is 11.9 Å². The third kappa shape index (κ3) is 3.28. The molecule has 0 atom stereocenters. The Morgan fingerprint density at radius 3 is 3.07 bits per heavy atom. The molecule has 14 heavy (non-hydrogen) atoms. The van der Waals surface area contributed by atoms with Gasteiger partial charge in [0.1, 0.15) is 6.61 Å². The van der Waals surface area contributed by atoms with E-state index in [1.54, 1.807) is 18.3 Å². The van der Waals surface area contributed by atoms with Gasteiger partial charge in [0.05, 0.1) is 11.6 Å². The highest BCUT2D eigenvalue weighted by Crippen LogP contribution is 2.08. The van der Waals surface area contributed by atoms with Crippen LogP contribution in [-0.2, 0) is 0 Å². The monoisotopic (exact) mass is 188 g/mol. The van der Waals surface area contributed by atoms with Crippen LogP contribution in [0.1, 0.15) is 19.4 Å². The summed E-state index contributed by atoms with van der Waals surface area (Å²) in [6, 6.07) is 5.30. The third-order valence-corrected chi connectivity index (χ3v) is 1.59. The van der Waals surface area contributed by atoms with Crippen LogP contribution in [0.3, 0.4) is 0 Å². The Morgan fingerprint density at radius 1 is 1.64 bits per heavy atom. The maximum absolute atomic E-state index is 8.63. The van der Waals surface area contributed by atoms with Gasteiger partial charge in [-0.1, -0.05) is 5.57 Å². The van der Waals surface area contributed by atoms with Gasteiger partial charge in [-0.15, -0.1) is 0 Å². The largest absolute Gasteiger partial charge is 0.473 e. The Kier molecular flexibility index (Phi) is 3.69. The number of nitrogens with zero attached hydrogens (tertiary/aromatic N) is 2. The molecule has 0 N–H and O–H groups in total. The van der Waals surface area contributed by atoms with E-state index in [0.717, 1.165) is 0 Å². The number of hydrogen-bond acceptors (Lipinski definition) is 3. The second-order valence-electron chi connectivity index (χ2n) is 3.09. The van der Waals surface area contributed by atoms with Crippen LogP contribution in [-0.4, -0.2) is 11.6 Å². The maximum Gasteiger partial charge on any atom is 0.214 e. The molecule has 3 heteroatoms. The van der Waals surface area contributed by atoms with E-state index in [9.17, 15) is 0 Å². The SMILES string of the molecule is CC(C)=CCOc1cc(C#N)ccn1. The van der Waals surface area contributed by atoms with Crippen molar-refractivity contribution in [2.24, 2.45) is 0 Å². The number of nitriles is 1. The summed E-state index contributed by atoms with van der Waals surface area (Å²) >= 11 is 0. The normalized spacial score (nSPS) is 8.93. The first-order chi connectivity index (χ1) is 6.72. The summed E-state index contributed by atoms with van der Waals surface area (Å²) in [6.07, 6.45) is 3.52. The lowest BCUT2D eigenvalue weighted by Gasteiger charge is -2.01. The Balaban J connectivity index is 2.60. The minimum absolute atomic E-state index is 0.488. The van der Waals surface area contributed by atoms with E-state index < -0.39 is 0 Å². The average molecular weight is 188 g/mol. The molecule has 3 nitrogen and oxygen atoms in total. The second-order valence-corrected chi connectivity index (χ2v) is 3.09. The molecular formula is C11H12N2O. The lowest BCUT2D eigenvalue weighted by atomic mass is 10.3. The molecule has 0 aliphatic rings. The summed E-state index contributed by atoms with van der Waals surface area (Å²) in [5.74, 6) is 0.488. The van der Waals surface area contributed by atoms with Crippen LogP contribution in [0.25, 0.3) is 0 Å². The van der Waals surface area contributed by atoms with E-state index in [1.807, 2.05) is 26.0 Å². The topological polar surface area (TPSA) is 45.9 Å². The summed E-state index contributed by atoms with van der Waals surface area (Å²) in [7, 11) is 0. The van der Waals surface area contributed by atoms with Crippen molar-refractivity contribution in [1.82, 2.24) is 4.98 Å². The number of allylic oxidation sites excluding steroid dienone is 1. The van der Waals surface area contributed by atoms with E-state index in [-0.39, 0.29) is 0 Å². The van der Waals surface area contributed by atoms with Gasteiger partial charge in [0.15, 0.2) is 0 Å². The van der Waals surface area contributed by atoms with Crippen molar-refractivity contribution in [1.29, 1.82) is 5.26 Å². The van der Waals surface area contributed by atoms with E-state index >= 15 is 0 Å². The predicted molar refractivity (Wildman–Crippen MR) is 53.9 cm³/mol. The van der Waals surface area contributed by atoms with Crippen molar-refractivity contribution in [3.63, 3.8) is 0 Å². The highest BCUT2D eigenvalue weighted by Gasteiger charge is 1.95. The Bertz CT molecular complexity index is 373. The van der Waals surface area contributed by atoms with Gasteiger partial charge in [0.2, 0.25) is 5.88 Å². The minimum atomic E-state index is 0.488. The molecule has 1 aromatic heterocycles. The molecule has 0 saturated carbocycles. The van der Waals surface area contributed by atoms with Crippen molar-refractivity contribution in [2.45, 2.75) is 13.8 Å². The summed E-state index contributed by atoms with van der Waals surface area (Å²) in [5.41, 5.74) is 1.76. The second kappa shape index (κ2) is 5.03. The molecule has 0 fully saturated rings. The molecular weight excluding hydrogens is 176 g/mol. The van der Waals surface area contributed by atoms with Crippen LogP contribution in [0.4, 0.5) is 0 Å². The zero-order chi connectivity index (χ0) is 10.4. The number of hydrogen-bond donors (Lipinski definition) is 0. The predicted octanol–water partition coefficient (Wildman–Crippen LogP) is 2.30. The van der Waals surface area contributed by atoms with E-state index in [4.69, 9.17) is 10.00 Å². The molecule has 0 unspecified atom stereocenters. The van der Waals surface area contributed by atoms with Crippen molar-refractivity contribution < 1.29 is 4.74 Å². The van der Waals surface area contributed by atoms with Gasteiger partial charge < -0.3 is 4.74 Å². The highest BCUT2D eigenvalue weighted by atomic mass is 16.5. The van der Waals surface area contributed by atoms with E-state index in [1.165, 1.54) is 5.57 Å². The summed E-state index contributed by atoms with van der Waals surface area (Å²) in [5, 5.41) is 8.63. The van der Waals surface area contributed by atoms with Crippen LogP contribution in [0, 0.1) is 11.3 Å². The molecule has 1 rings (SSSR count). The van der Waals surface area contributed by atoms with Crippen LogP contribution >= 0.6 is 0 Å². The van der Waals surface area contributed by atoms with E-state index in [2.05, 4.69) is 4.98 Å². The molecule has 0 aromatic carbocycles. The molecule has 72 valence electrons. The Morgan fingerprint density at radius 2 is 2.43 bits per heavy atom. The van der Waals surface area contributed by atoms with Gasteiger partial charge >= 0.3 is 0 Å². The third-order valence-electron chi connectivity index (χ3n) is 1.59. The standard InChI is InChI=1S/C11H12N2O/c1-9(2)4-6-14-11-7-10(8-12)3-5-13-11/h3-5,7H,6H2,1-2H3. The lowest BCUT2D eigenvalue weighted by molar-refractivity contribution is 0.347. The fourth-order valence-corrected chi connectivity index (χ4v) is 0.852. The van der Waals surface area contributed by atoms with Gasteiger partial charge in [0.25, 0.3) is 0 Å². The number of aromatic nitrogens is 1. The molecule has 0 radical (unpaired) electrons. The number of pyridine rings is 1. The van der Waals surface area contributed by atoms with Gasteiger partial charge in [-0.3, -0.25) is 0 Å². The smallest absolute Gasteiger partial charge is 0.214 e. The first kappa shape index (κ1) is 10.3. The maximum atomic E-state index is 8.63. The van der Waals surface area contributed by atoms with Gasteiger partial charge in [0, 0.05) is 12.3 Å². The van der Waals surface area contributed by atoms with Crippen molar-refractivity contribution in [2.75, 3.05) is 6.61 Å². The Hall–Kier alpha value is -1.82.